The van der Waals surface area contributed by atoms with E-state index in [0.717, 1.165) is 55.0 Å². The van der Waals surface area contributed by atoms with Crippen LogP contribution >= 0.6 is 0 Å². The van der Waals surface area contributed by atoms with Crippen LogP contribution < -0.4 is 0 Å². The van der Waals surface area contributed by atoms with E-state index in [1.807, 2.05) is 12.1 Å². The Kier molecular flexibility index (Phi) is 6.54. The third-order valence-electron chi connectivity index (χ3n) is 13.3. The summed E-state index contributed by atoms with van der Waals surface area (Å²) >= 11 is 0. The van der Waals surface area contributed by atoms with Crippen LogP contribution in [0.25, 0.3) is 121 Å². The Morgan fingerprint density at radius 2 is 0.814 bits per heavy atom. The molecule has 1 aliphatic rings. The molecule has 2 aromatic heterocycles. The highest BCUT2D eigenvalue weighted by Crippen LogP contribution is 2.51. The second-order valence-corrected chi connectivity index (χ2v) is 16.7. The second kappa shape index (κ2) is 11.8. The summed E-state index contributed by atoms with van der Waals surface area (Å²) in [6, 6.07) is 66.5. The van der Waals surface area contributed by atoms with Crippen LogP contribution in [0.2, 0.25) is 0 Å². The first-order valence-corrected chi connectivity index (χ1v) is 20.5. The van der Waals surface area contributed by atoms with Crippen LogP contribution in [0.3, 0.4) is 0 Å². The van der Waals surface area contributed by atoms with Crippen LogP contribution in [-0.4, -0.2) is 0 Å². The molecule has 0 aliphatic heterocycles. The van der Waals surface area contributed by atoms with Gasteiger partial charge in [0.15, 0.2) is 0 Å². The molecule has 2 heteroatoms. The molecule has 0 saturated heterocycles. The Hall–Kier alpha value is -7.42. The predicted octanol–water partition coefficient (Wildman–Crippen LogP) is 16.3. The van der Waals surface area contributed by atoms with E-state index in [4.69, 9.17) is 8.83 Å². The highest BCUT2D eigenvalue weighted by Gasteiger charge is 2.35. The van der Waals surface area contributed by atoms with Crippen molar-refractivity contribution >= 4 is 76.2 Å². The minimum Gasteiger partial charge on any atom is -0.456 e. The molecule has 59 heavy (non-hydrogen) atoms. The largest absolute Gasteiger partial charge is 0.456 e. The van der Waals surface area contributed by atoms with Crippen LogP contribution in [0.1, 0.15) is 25.0 Å². The molecule has 0 radical (unpaired) electrons. The smallest absolute Gasteiger partial charge is 0.136 e. The van der Waals surface area contributed by atoms with Crippen molar-refractivity contribution < 1.29 is 8.83 Å². The maximum absolute atomic E-state index is 6.70. The zero-order valence-electron chi connectivity index (χ0n) is 32.6. The summed E-state index contributed by atoms with van der Waals surface area (Å²) in [7, 11) is 0. The quantitative estimate of drug-likeness (QED) is 0.168. The average Bonchev–Trinajstić information content (AvgIpc) is 3.91. The van der Waals surface area contributed by atoms with Gasteiger partial charge in [0.25, 0.3) is 0 Å². The number of hydrogen-bond donors (Lipinski definition) is 0. The molecule has 0 bridgehead atoms. The molecule has 2 heterocycles. The normalized spacial score (nSPS) is 13.4. The standard InChI is InChI=1S/C57H36O2/c1-57(2)48-21-11-9-14-37(48)45-29-35(27-28-49(45)57)55-42-19-7-5-17-40(42)54(41-18-6-8-20-43(41)55)34-25-23-33(24-26-34)44-30-53-56(39-16-4-3-13-36(39)44)47-32-51-46(31-52(47)59-53)38-15-10-12-22-50(38)58-51/h3-32H,1-2H3. The summed E-state index contributed by atoms with van der Waals surface area (Å²) in [5.74, 6) is 0. The Morgan fingerprint density at radius 3 is 1.54 bits per heavy atom. The molecular formula is C57H36O2. The van der Waals surface area contributed by atoms with E-state index in [0.29, 0.717) is 0 Å². The summed E-state index contributed by atoms with van der Waals surface area (Å²) in [6.07, 6.45) is 0. The molecule has 1 aliphatic carbocycles. The van der Waals surface area contributed by atoms with Crippen molar-refractivity contribution in [1.29, 1.82) is 0 Å². The lowest BCUT2D eigenvalue weighted by atomic mass is 9.81. The third kappa shape index (κ3) is 4.52. The fraction of sp³-hybridized carbons (Fsp3) is 0.0526. The van der Waals surface area contributed by atoms with Crippen molar-refractivity contribution in [2.45, 2.75) is 19.3 Å². The molecule has 0 saturated carbocycles. The summed E-state index contributed by atoms with van der Waals surface area (Å²) in [5, 5.41) is 11.8. The molecule has 0 atom stereocenters. The predicted molar refractivity (Wildman–Crippen MR) is 247 cm³/mol. The zero-order valence-corrected chi connectivity index (χ0v) is 32.6. The maximum Gasteiger partial charge on any atom is 0.136 e. The van der Waals surface area contributed by atoms with E-state index in [2.05, 4.69) is 184 Å². The summed E-state index contributed by atoms with van der Waals surface area (Å²) in [4.78, 5) is 0. The first-order chi connectivity index (χ1) is 29.0. The van der Waals surface area contributed by atoms with Crippen molar-refractivity contribution in [2.75, 3.05) is 0 Å². The SMILES string of the molecule is CC1(C)c2ccccc2-c2cc(-c3c4ccccc4c(-c4ccc(-c5cc6oc7cc8c(cc7c6c6ccccc56)oc5ccccc58)cc4)c4ccccc34)ccc21. The number of furan rings is 2. The molecule has 10 aromatic carbocycles. The van der Waals surface area contributed by atoms with Gasteiger partial charge >= 0.3 is 0 Å². The van der Waals surface area contributed by atoms with Crippen LogP contribution in [0.5, 0.6) is 0 Å². The van der Waals surface area contributed by atoms with Gasteiger partial charge in [0.2, 0.25) is 0 Å². The van der Waals surface area contributed by atoms with Gasteiger partial charge in [0.05, 0.1) is 0 Å². The Bertz CT molecular complexity index is 3690. The van der Waals surface area contributed by atoms with Gasteiger partial charge in [-0.05, 0) is 118 Å². The highest BCUT2D eigenvalue weighted by atomic mass is 16.3. The van der Waals surface area contributed by atoms with E-state index in [1.165, 1.54) is 76.8 Å². The molecule has 0 N–H and O–H groups in total. The van der Waals surface area contributed by atoms with Crippen molar-refractivity contribution in [2.24, 2.45) is 0 Å². The van der Waals surface area contributed by atoms with Gasteiger partial charge in [-0.2, -0.15) is 0 Å². The zero-order chi connectivity index (χ0) is 39.0. The number of para-hydroxylation sites is 1. The molecule has 0 amide bonds. The number of fused-ring (bicyclic) bond motifs is 13. The van der Waals surface area contributed by atoms with Gasteiger partial charge < -0.3 is 8.83 Å². The summed E-state index contributed by atoms with van der Waals surface area (Å²) in [6.45, 7) is 4.70. The minimum absolute atomic E-state index is 0.0301. The summed E-state index contributed by atoms with van der Waals surface area (Å²) < 4.78 is 13.0. The van der Waals surface area contributed by atoms with Gasteiger partial charge in [-0.15, -0.1) is 0 Å². The van der Waals surface area contributed by atoms with E-state index in [-0.39, 0.29) is 5.41 Å². The lowest BCUT2D eigenvalue weighted by molar-refractivity contribution is 0.660. The number of rotatable bonds is 3. The van der Waals surface area contributed by atoms with Gasteiger partial charge in [0.1, 0.15) is 22.3 Å². The van der Waals surface area contributed by atoms with Crippen molar-refractivity contribution in [1.82, 2.24) is 0 Å². The van der Waals surface area contributed by atoms with Crippen molar-refractivity contribution in [3.8, 4) is 44.5 Å². The Labute approximate surface area is 340 Å². The molecule has 2 nitrogen and oxygen atoms in total. The maximum atomic E-state index is 6.70. The second-order valence-electron chi connectivity index (χ2n) is 16.7. The molecule has 0 unspecified atom stereocenters. The van der Waals surface area contributed by atoms with Crippen LogP contribution in [-0.2, 0) is 5.41 Å². The highest BCUT2D eigenvalue weighted by molar-refractivity contribution is 6.25. The number of benzene rings is 10. The third-order valence-corrected chi connectivity index (χ3v) is 13.3. The molecular weight excluding hydrogens is 717 g/mol. The van der Waals surface area contributed by atoms with Crippen LogP contribution in [0, 0.1) is 0 Å². The topological polar surface area (TPSA) is 26.3 Å². The molecule has 12 aromatic rings. The van der Waals surface area contributed by atoms with E-state index >= 15 is 0 Å². The van der Waals surface area contributed by atoms with Gasteiger partial charge in [-0.1, -0.05) is 166 Å². The van der Waals surface area contributed by atoms with Crippen LogP contribution in [0.15, 0.2) is 191 Å². The summed E-state index contributed by atoms with van der Waals surface area (Å²) in [5.41, 5.74) is 16.2. The first kappa shape index (κ1) is 32.6. The van der Waals surface area contributed by atoms with Gasteiger partial charge in [0, 0.05) is 27.0 Å². The molecule has 0 spiro atoms. The first-order valence-electron chi connectivity index (χ1n) is 20.5. The van der Waals surface area contributed by atoms with Crippen LogP contribution in [0.4, 0.5) is 0 Å². The lowest BCUT2D eigenvalue weighted by Gasteiger charge is -2.22. The Morgan fingerprint density at radius 1 is 0.305 bits per heavy atom. The van der Waals surface area contributed by atoms with Crippen molar-refractivity contribution in [3.05, 3.63) is 193 Å². The Balaban J connectivity index is 0.973. The lowest BCUT2D eigenvalue weighted by Crippen LogP contribution is -2.14. The average molecular weight is 753 g/mol. The molecule has 0 fully saturated rings. The van der Waals surface area contributed by atoms with Gasteiger partial charge in [-0.25, -0.2) is 0 Å². The monoisotopic (exact) mass is 752 g/mol. The van der Waals surface area contributed by atoms with Crippen molar-refractivity contribution in [3.63, 3.8) is 0 Å². The molecule has 13 rings (SSSR count). The number of hydrogen-bond acceptors (Lipinski definition) is 2. The van der Waals surface area contributed by atoms with E-state index in [1.54, 1.807) is 0 Å². The minimum atomic E-state index is -0.0301. The fourth-order valence-corrected chi connectivity index (χ4v) is 10.5. The fourth-order valence-electron chi connectivity index (χ4n) is 10.5. The molecule has 276 valence electrons. The van der Waals surface area contributed by atoms with E-state index in [9.17, 15) is 0 Å². The van der Waals surface area contributed by atoms with E-state index < -0.39 is 0 Å². The van der Waals surface area contributed by atoms with Gasteiger partial charge in [-0.3, -0.25) is 0 Å².